The highest BCUT2D eigenvalue weighted by atomic mass is 14.9. The first-order valence-electron chi connectivity index (χ1n) is 6.97. The molecule has 0 aromatic carbocycles. The standard InChI is InChI=1S/C14H29N/c1-5-12(6-2)14(15-7-3)13-10-8-9-11(13)4/h11-15H,5-10H2,1-4H3. The zero-order valence-electron chi connectivity index (χ0n) is 11.1. The second-order valence-corrected chi connectivity index (χ2v) is 5.23. The number of rotatable bonds is 6. The normalized spacial score (nSPS) is 28.6. The second-order valence-electron chi connectivity index (χ2n) is 5.23. The summed E-state index contributed by atoms with van der Waals surface area (Å²) in [5.41, 5.74) is 0. The Balaban J connectivity index is 2.62. The highest BCUT2D eigenvalue weighted by Gasteiger charge is 2.33. The molecule has 0 amide bonds. The predicted octanol–water partition coefficient (Wildman–Crippen LogP) is 3.84. The first kappa shape index (κ1) is 13.0. The molecule has 0 heterocycles. The van der Waals surface area contributed by atoms with E-state index in [2.05, 4.69) is 33.0 Å². The summed E-state index contributed by atoms with van der Waals surface area (Å²) in [7, 11) is 0. The summed E-state index contributed by atoms with van der Waals surface area (Å²) in [6, 6.07) is 0.780. The lowest BCUT2D eigenvalue weighted by molar-refractivity contribution is 0.214. The van der Waals surface area contributed by atoms with Crippen LogP contribution in [-0.2, 0) is 0 Å². The molecule has 1 saturated carbocycles. The molecule has 1 nitrogen and oxygen atoms in total. The van der Waals surface area contributed by atoms with Crippen LogP contribution in [0.15, 0.2) is 0 Å². The molecule has 0 spiro atoms. The van der Waals surface area contributed by atoms with Gasteiger partial charge in [-0.1, -0.05) is 53.4 Å². The SMILES string of the molecule is CCNC(C(CC)CC)C1CCCC1C. The third-order valence-electron chi connectivity index (χ3n) is 4.39. The van der Waals surface area contributed by atoms with Gasteiger partial charge in [-0.25, -0.2) is 0 Å². The van der Waals surface area contributed by atoms with Gasteiger partial charge in [0.25, 0.3) is 0 Å². The van der Waals surface area contributed by atoms with Gasteiger partial charge in [-0.05, 0) is 30.7 Å². The second kappa shape index (κ2) is 6.52. The van der Waals surface area contributed by atoms with Gasteiger partial charge < -0.3 is 5.32 Å². The fourth-order valence-electron chi connectivity index (χ4n) is 3.41. The Morgan fingerprint density at radius 3 is 2.20 bits per heavy atom. The Morgan fingerprint density at radius 2 is 1.80 bits per heavy atom. The van der Waals surface area contributed by atoms with E-state index in [0.717, 1.165) is 30.3 Å². The van der Waals surface area contributed by atoms with E-state index >= 15 is 0 Å². The van der Waals surface area contributed by atoms with Gasteiger partial charge >= 0.3 is 0 Å². The third kappa shape index (κ3) is 3.21. The molecule has 15 heavy (non-hydrogen) atoms. The van der Waals surface area contributed by atoms with Crippen molar-refractivity contribution in [3.05, 3.63) is 0 Å². The number of hydrogen-bond donors (Lipinski definition) is 1. The van der Waals surface area contributed by atoms with Crippen LogP contribution in [0.4, 0.5) is 0 Å². The molecule has 0 bridgehead atoms. The topological polar surface area (TPSA) is 12.0 Å². The fourth-order valence-corrected chi connectivity index (χ4v) is 3.41. The molecule has 3 unspecified atom stereocenters. The maximum absolute atomic E-state index is 3.76. The molecule has 0 aliphatic heterocycles. The molecule has 0 aromatic heterocycles. The van der Waals surface area contributed by atoms with E-state index < -0.39 is 0 Å². The highest BCUT2D eigenvalue weighted by Crippen LogP contribution is 2.37. The average Bonchev–Trinajstić information content (AvgIpc) is 2.65. The summed E-state index contributed by atoms with van der Waals surface area (Å²) in [4.78, 5) is 0. The smallest absolute Gasteiger partial charge is 0.0126 e. The minimum Gasteiger partial charge on any atom is -0.314 e. The van der Waals surface area contributed by atoms with Crippen molar-refractivity contribution in [3.8, 4) is 0 Å². The van der Waals surface area contributed by atoms with Crippen LogP contribution in [0.3, 0.4) is 0 Å². The van der Waals surface area contributed by atoms with E-state index in [9.17, 15) is 0 Å². The molecule has 90 valence electrons. The summed E-state index contributed by atoms with van der Waals surface area (Å²) in [5, 5.41) is 3.76. The van der Waals surface area contributed by atoms with Crippen LogP contribution in [0.5, 0.6) is 0 Å². The minimum atomic E-state index is 0.780. The van der Waals surface area contributed by atoms with Crippen molar-refractivity contribution in [1.29, 1.82) is 0 Å². The summed E-state index contributed by atoms with van der Waals surface area (Å²) < 4.78 is 0. The summed E-state index contributed by atoms with van der Waals surface area (Å²) in [5.74, 6) is 2.76. The zero-order chi connectivity index (χ0) is 11.3. The monoisotopic (exact) mass is 211 g/mol. The van der Waals surface area contributed by atoms with Crippen molar-refractivity contribution < 1.29 is 0 Å². The van der Waals surface area contributed by atoms with Crippen molar-refractivity contribution >= 4 is 0 Å². The molecular formula is C14H29N. The lowest BCUT2D eigenvalue weighted by Crippen LogP contribution is -2.43. The maximum Gasteiger partial charge on any atom is 0.0126 e. The van der Waals surface area contributed by atoms with Gasteiger partial charge in [0.1, 0.15) is 0 Å². The van der Waals surface area contributed by atoms with E-state index in [4.69, 9.17) is 0 Å². The van der Waals surface area contributed by atoms with E-state index in [1.165, 1.54) is 32.1 Å². The van der Waals surface area contributed by atoms with Gasteiger partial charge in [-0.3, -0.25) is 0 Å². The van der Waals surface area contributed by atoms with Crippen molar-refractivity contribution in [2.75, 3.05) is 6.54 Å². The van der Waals surface area contributed by atoms with Crippen LogP contribution in [0.1, 0.15) is 59.8 Å². The lowest BCUT2D eigenvalue weighted by atomic mass is 9.80. The Kier molecular flexibility index (Phi) is 5.66. The third-order valence-corrected chi connectivity index (χ3v) is 4.39. The first-order valence-corrected chi connectivity index (χ1v) is 6.97. The highest BCUT2D eigenvalue weighted by molar-refractivity contribution is 4.88. The van der Waals surface area contributed by atoms with Gasteiger partial charge in [0, 0.05) is 6.04 Å². The molecule has 1 aliphatic carbocycles. The van der Waals surface area contributed by atoms with Gasteiger partial charge in [0.2, 0.25) is 0 Å². The molecule has 0 radical (unpaired) electrons. The van der Waals surface area contributed by atoms with Crippen molar-refractivity contribution in [2.45, 2.75) is 65.8 Å². The van der Waals surface area contributed by atoms with E-state index in [-0.39, 0.29) is 0 Å². The van der Waals surface area contributed by atoms with Crippen LogP contribution in [0.2, 0.25) is 0 Å². The molecule has 1 aliphatic rings. The first-order chi connectivity index (χ1) is 7.24. The number of nitrogens with one attached hydrogen (secondary N) is 1. The molecular weight excluding hydrogens is 182 g/mol. The van der Waals surface area contributed by atoms with E-state index in [0.29, 0.717) is 0 Å². The Morgan fingerprint density at radius 1 is 1.13 bits per heavy atom. The maximum atomic E-state index is 3.76. The quantitative estimate of drug-likeness (QED) is 0.704. The zero-order valence-corrected chi connectivity index (χ0v) is 11.1. The van der Waals surface area contributed by atoms with Crippen molar-refractivity contribution in [1.82, 2.24) is 5.32 Å². The lowest BCUT2D eigenvalue weighted by Gasteiger charge is -2.33. The van der Waals surface area contributed by atoms with E-state index in [1.807, 2.05) is 0 Å². The minimum absolute atomic E-state index is 0.780. The molecule has 1 heteroatoms. The van der Waals surface area contributed by atoms with Crippen LogP contribution in [-0.4, -0.2) is 12.6 Å². The van der Waals surface area contributed by atoms with Gasteiger partial charge in [0.05, 0.1) is 0 Å². The predicted molar refractivity (Wildman–Crippen MR) is 68.0 cm³/mol. The van der Waals surface area contributed by atoms with Crippen LogP contribution in [0.25, 0.3) is 0 Å². The van der Waals surface area contributed by atoms with Crippen LogP contribution in [0, 0.1) is 17.8 Å². The fraction of sp³-hybridized carbons (Fsp3) is 1.00. The Hall–Kier alpha value is -0.0400. The van der Waals surface area contributed by atoms with Crippen molar-refractivity contribution in [3.63, 3.8) is 0 Å². The molecule has 0 aromatic rings. The van der Waals surface area contributed by atoms with E-state index in [1.54, 1.807) is 0 Å². The summed E-state index contributed by atoms with van der Waals surface area (Å²) >= 11 is 0. The van der Waals surface area contributed by atoms with Gasteiger partial charge in [-0.15, -0.1) is 0 Å². The Bertz CT molecular complexity index is 163. The van der Waals surface area contributed by atoms with Crippen molar-refractivity contribution in [2.24, 2.45) is 17.8 Å². The molecule has 0 saturated heterocycles. The molecule has 3 atom stereocenters. The summed E-state index contributed by atoms with van der Waals surface area (Å²) in [6.45, 7) is 10.5. The molecule has 1 rings (SSSR count). The summed E-state index contributed by atoms with van der Waals surface area (Å²) in [6.07, 6.45) is 7.02. The average molecular weight is 211 g/mol. The Labute approximate surface area is 96.0 Å². The molecule has 1 fully saturated rings. The molecule has 1 N–H and O–H groups in total. The largest absolute Gasteiger partial charge is 0.314 e. The van der Waals surface area contributed by atoms with Gasteiger partial charge in [-0.2, -0.15) is 0 Å². The number of hydrogen-bond acceptors (Lipinski definition) is 1. The van der Waals surface area contributed by atoms with Gasteiger partial charge in [0.15, 0.2) is 0 Å². The van der Waals surface area contributed by atoms with Crippen LogP contribution < -0.4 is 5.32 Å². The van der Waals surface area contributed by atoms with Crippen LogP contribution >= 0.6 is 0 Å².